The summed E-state index contributed by atoms with van der Waals surface area (Å²) in [7, 11) is 1.58. The number of piperidine rings is 1. The number of amides is 1. The van der Waals surface area contributed by atoms with Gasteiger partial charge in [0.15, 0.2) is 18.1 Å². The second-order valence-corrected chi connectivity index (χ2v) is 7.72. The molecule has 1 fully saturated rings. The predicted octanol–water partition coefficient (Wildman–Crippen LogP) is 4.15. The first kappa shape index (κ1) is 23.4. The van der Waals surface area contributed by atoms with Crippen molar-refractivity contribution in [3.8, 4) is 17.2 Å². The van der Waals surface area contributed by atoms with E-state index < -0.39 is 5.97 Å². The second kappa shape index (κ2) is 11.4. The quantitative estimate of drug-likeness (QED) is 0.544. The average Bonchev–Trinajstić information content (AvgIpc) is 2.82. The lowest BCUT2D eigenvalue weighted by Crippen LogP contribution is -2.38. The van der Waals surface area contributed by atoms with Crippen LogP contribution in [0, 0.1) is 6.92 Å². The lowest BCUT2D eigenvalue weighted by atomic mass is 10.1. The van der Waals surface area contributed by atoms with Gasteiger partial charge in [-0.3, -0.25) is 4.79 Å². The smallest absolute Gasteiger partial charge is 0.338 e. The molecule has 0 saturated carbocycles. The number of ether oxygens (including phenoxy) is 4. The number of aryl methyl sites for hydroxylation is 1. The van der Waals surface area contributed by atoms with E-state index in [0.717, 1.165) is 43.5 Å². The second-order valence-electron chi connectivity index (χ2n) is 7.72. The standard InChI is InChI=1S/C25H31NO6/c1-4-30-23-15-19(25(28)32-16-20-14-18(2)8-10-21(20)29-3)9-11-22(23)31-17-24(27)26-12-6-5-7-13-26/h8-11,14-15H,4-7,12-13,16-17H2,1-3H3. The third-order valence-electron chi connectivity index (χ3n) is 5.33. The van der Waals surface area contributed by atoms with Crippen molar-refractivity contribution in [2.24, 2.45) is 0 Å². The summed E-state index contributed by atoms with van der Waals surface area (Å²) in [5.41, 5.74) is 2.19. The van der Waals surface area contributed by atoms with Crippen LogP contribution in [0.3, 0.4) is 0 Å². The number of esters is 1. The zero-order valence-electron chi connectivity index (χ0n) is 19.0. The molecule has 1 aliphatic heterocycles. The van der Waals surface area contributed by atoms with Crippen LogP contribution < -0.4 is 14.2 Å². The van der Waals surface area contributed by atoms with Crippen LogP contribution in [0.1, 0.15) is 47.7 Å². The van der Waals surface area contributed by atoms with Crippen LogP contribution in [-0.4, -0.2) is 50.2 Å². The van der Waals surface area contributed by atoms with E-state index in [0.29, 0.717) is 29.4 Å². The summed E-state index contributed by atoms with van der Waals surface area (Å²) in [6.45, 7) is 5.79. The van der Waals surface area contributed by atoms with Crippen LogP contribution in [0.4, 0.5) is 0 Å². The van der Waals surface area contributed by atoms with E-state index in [4.69, 9.17) is 18.9 Å². The van der Waals surface area contributed by atoms with Gasteiger partial charge in [-0.15, -0.1) is 0 Å². The number of likely N-dealkylation sites (tertiary alicyclic amines) is 1. The maximum absolute atomic E-state index is 12.6. The lowest BCUT2D eigenvalue weighted by molar-refractivity contribution is -0.134. The maximum atomic E-state index is 12.6. The van der Waals surface area contributed by atoms with Crippen molar-refractivity contribution in [3.63, 3.8) is 0 Å². The molecule has 0 aliphatic carbocycles. The molecule has 3 rings (SSSR count). The van der Waals surface area contributed by atoms with Gasteiger partial charge in [0, 0.05) is 18.7 Å². The minimum Gasteiger partial charge on any atom is -0.496 e. The SMILES string of the molecule is CCOc1cc(C(=O)OCc2cc(C)ccc2OC)ccc1OCC(=O)N1CCCCC1. The highest BCUT2D eigenvalue weighted by molar-refractivity contribution is 5.90. The van der Waals surface area contributed by atoms with E-state index in [9.17, 15) is 9.59 Å². The van der Waals surface area contributed by atoms with E-state index in [1.165, 1.54) is 0 Å². The van der Waals surface area contributed by atoms with Crippen LogP contribution in [0.5, 0.6) is 17.2 Å². The van der Waals surface area contributed by atoms with Gasteiger partial charge < -0.3 is 23.8 Å². The van der Waals surface area contributed by atoms with Gasteiger partial charge in [0.2, 0.25) is 0 Å². The summed E-state index contributed by atoms with van der Waals surface area (Å²) in [5.74, 6) is 0.976. The number of benzene rings is 2. The first-order chi connectivity index (χ1) is 15.5. The first-order valence-corrected chi connectivity index (χ1v) is 11.0. The van der Waals surface area contributed by atoms with Crippen LogP contribution in [0.2, 0.25) is 0 Å². The Morgan fingerprint density at radius 2 is 1.69 bits per heavy atom. The summed E-state index contributed by atoms with van der Waals surface area (Å²) < 4.78 is 22.2. The molecular formula is C25H31NO6. The highest BCUT2D eigenvalue weighted by Gasteiger charge is 2.19. The zero-order valence-corrected chi connectivity index (χ0v) is 19.0. The lowest BCUT2D eigenvalue weighted by Gasteiger charge is -2.26. The predicted molar refractivity (Wildman–Crippen MR) is 120 cm³/mol. The van der Waals surface area contributed by atoms with Gasteiger partial charge in [0.1, 0.15) is 12.4 Å². The summed E-state index contributed by atoms with van der Waals surface area (Å²) in [5, 5.41) is 0. The van der Waals surface area contributed by atoms with Crippen molar-refractivity contribution >= 4 is 11.9 Å². The van der Waals surface area contributed by atoms with E-state index in [1.54, 1.807) is 25.3 Å². The van der Waals surface area contributed by atoms with Crippen molar-refractivity contribution in [2.75, 3.05) is 33.4 Å². The maximum Gasteiger partial charge on any atom is 0.338 e. The Morgan fingerprint density at radius 1 is 0.938 bits per heavy atom. The Morgan fingerprint density at radius 3 is 2.41 bits per heavy atom. The Hall–Kier alpha value is -3.22. The molecule has 0 radical (unpaired) electrons. The van der Waals surface area contributed by atoms with Gasteiger partial charge >= 0.3 is 5.97 Å². The molecule has 2 aromatic rings. The monoisotopic (exact) mass is 441 g/mol. The number of carbonyl (C=O) groups excluding carboxylic acids is 2. The van der Waals surface area contributed by atoms with Crippen LogP contribution in [-0.2, 0) is 16.1 Å². The molecule has 0 N–H and O–H groups in total. The summed E-state index contributed by atoms with van der Waals surface area (Å²) >= 11 is 0. The molecule has 0 atom stereocenters. The first-order valence-electron chi connectivity index (χ1n) is 11.0. The summed E-state index contributed by atoms with van der Waals surface area (Å²) in [6.07, 6.45) is 3.22. The molecule has 7 nitrogen and oxygen atoms in total. The number of carbonyl (C=O) groups is 2. The fourth-order valence-electron chi connectivity index (χ4n) is 3.64. The molecule has 32 heavy (non-hydrogen) atoms. The molecule has 0 bridgehead atoms. The van der Waals surface area contributed by atoms with E-state index >= 15 is 0 Å². The number of hydrogen-bond donors (Lipinski definition) is 0. The minimum absolute atomic E-state index is 0.0391. The van der Waals surface area contributed by atoms with Crippen LogP contribution >= 0.6 is 0 Å². The van der Waals surface area contributed by atoms with E-state index in [1.807, 2.05) is 36.9 Å². The van der Waals surface area contributed by atoms with Gasteiger partial charge in [-0.05, 0) is 63.4 Å². The largest absolute Gasteiger partial charge is 0.496 e. The Kier molecular flexibility index (Phi) is 8.36. The van der Waals surface area contributed by atoms with Gasteiger partial charge in [0.05, 0.1) is 19.3 Å². The highest BCUT2D eigenvalue weighted by atomic mass is 16.5. The molecule has 1 heterocycles. The van der Waals surface area contributed by atoms with Gasteiger partial charge in [0.25, 0.3) is 5.91 Å². The van der Waals surface area contributed by atoms with Crippen LogP contribution in [0.25, 0.3) is 0 Å². The van der Waals surface area contributed by atoms with Crippen molar-refractivity contribution in [3.05, 3.63) is 53.1 Å². The molecular weight excluding hydrogens is 410 g/mol. The highest BCUT2D eigenvalue weighted by Crippen LogP contribution is 2.29. The molecule has 1 amide bonds. The molecule has 2 aromatic carbocycles. The minimum atomic E-state index is -0.481. The number of nitrogens with zero attached hydrogens (tertiary/aromatic N) is 1. The molecule has 7 heteroatoms. The molecule has 0 aromatic heterocycles. The summed E-state index contributed by atoms with van der Waals surface area (Å²) in [4.78, 5) is 26.8. The zero-order chi connectivity index (χ0) is 22.9. The van der Waals surface area contributed by atoms with Crippen molar-refractivity contribution in [1.82, 2.24) is 4.90 Å². The van der Waals surface area contributed by atoms with E-state index in [2.05, 4.69) is 0 Å². The van der Waals surface area contributed by atoms with Crippen molar-refractivity contribution in [2.45, 2.75) is 39.7 Å². The number of hydrogen-bond acceptors (Lipinski definition) is 6. The Balaban J connectivity index is 1.64. The third kappa shape index (κ3) is 6.15. The topological polar surface area (TPSA) is 74.3 Å². The summed E-state index contributed by atoms with van der Waals surface area (Å²) in [6, 6.07) is 10.5. The Bertz CT molecular complexity index is 936. The molecule has 1 saturated heterocycles. The molecule has 0 unspecified atom stereocenters. The molecule has 1 aliphatic rings. The van der Waals surface area contributed by atoms with Gasteiger partial charge in [-0.2, -0.15) is 0 Å². The van der Waals surface area contributed by atoms with Crippen molar-refractivity contribution < 1.29 is 28.5 Å². The third-order valence-corrected chi connectivity index (χ3v) is 5.33. The van der Waals surface area contributed by atoms with Gasteiger partial charge in [-0.25, -0.2) is 4.79 Å². The number of rotatable bonds is 9. The van der Waals surface area contributed by atoms with Crippen molar-refractivity contribution in [1.29, 1.82) is 0 Å². The Labute approximate surface area is 189 Å². The number of methoxy groups -OCH3 is 1. The fourth-order valence-corrected chi connectivity index (χ4v) is 3.64. The molecule has 172 valence electrons. The van der Waals surface area contributed by atoms with Crippen LogP contribution in [0.15, 0.2) is 36.4 Å². The van der Waals surface area contributed by atoms with E-state index in [-0.39, 0.29) is 19.1 Å². The average molecular weight is 442 g/mol. The fraction of sp³-hybridized carbons (Fsp3) is 0.440. The van der Waals surface area contributed by atoms with Gasteiger partial charge in [-0.1, -0.05) is 11.6 Å². The normalized spacial score (nSPS) is 13.4. The molecule has 0 spiro atoms.